The van der Waals surface area contributed by atoms with Gasteiger partial charge in [0.15, 0.2) is 0 Å². The summed E-state index contributed by atoms with van der Waals surface area (Å²) in [4.78, 5) is 11.4. The van der Waals surface area contributed by atoms with Crippen LogP contribution in [0.2, 0.25) is 0 Å². The van der Waals surface area contributed by atoms with Crippen molar-refractivity contribution in [3.63, 3.8) is 0 Å². The molecular weight excluding hydrogens is 328 g/mol. The average Bonchev–Trinajstić information content (AvgIpc) is 3.17. The number of hydrogen-bond acceptors (Lipinski definition) is 5. The van der Waals surface area contributed by atoms with E-state index in [1.54, 1.807) is 0 Å². The van der Waals surface area contributed by atoms with Gasteiger partial charge in [-0.15, -0.1) is 11.3 Å². The monoisotopic (exact) mass is 356 g/mol. The number of benzene rings is 1. The molecule has 0 amide bonds. The van der Waals surface area contributed by atoms with E-state index in [2.05, 4.69) is 54.0 Å². The Kier molecular flexibility index (Phi) is 4.91. The first-order chi connectivity index (χ1) is 12.1. The van der Waals surface area contributed by atoms with Crippen molar-refractivity contribution >= 4 is 11.3 Å². The minimum absolute atomic E-state index is 0.216. The number of hydrogen-bond donors (Lipinski definition) is 1. The predicted molar refractivity (Wildman–Crippen MR) is 104 cm³/mol. The molecule has 5 heteroatoms. The first kappa shape index (κ1) is 17.2. The molecular formula is C20H28N4S. The lowest BCUT2D eigenvalue weighted by Crippen LogP contribution is -2.35. The van der Waals surface area contributed by atoms with Crippen LogP contribution in [0.15, 0.2) is 30.3 Å². The lowest BCUT2D eigenvalue weighted by molar-refractivity contribution is 0.205. The fourth-order valence-corrected chi connectivity index (χ4v) is 5.25. The highest BCUT2D eigenvalue weighted by Gasteiger charge is 2.32. The van der Waals surface area contributed by atoms with Gasteiger partial charge in [0.1, 0.15) is 5.01 Å². The lowest BCUT2D eigenvalue weighted by Gasteiger charge is -2.29. The Bertz CT molecular complexity index is 712. The van der Waals surface area contributed by atoms with Gasteiger partial charge in [0, 0.05) is 55.5 Å². The number of rotatable bonds is 4. The molecule has 1 aromatic carbocycles. The minimum atomic E-state index is 0.216. The van der Waals surface area contributed by atoms with E-state index < -0.39 is 0 Å². The number of thiazole rings is 1. The standard InChI is InChI=1S/C20H28N4S/c1-14(2)24-9-8-18-19(12-24)25-20(22-18)13-23-10-16(17(21)11-23)15-6-4-3-5-7-15/h3-7,14,16-17H,8-13,21H2,1-2H3/t16-,17+/m0/s1. The fourth-order valence-electron chi connectivity index (χ4n) is 4.06. The second kappa shape index (κ2) is 7.16. The van der Waals surface area contributed by atoms with Gasteiger partial charge < -0.3 is 5.73 Å². The Morgan fingerprint density at radius 3 is 2.80 bits per heavy atom. The first-order valence-corrected chi connectivity index (χ1v) is 10.2. The van der Waals surface area contributed by atoms with Crippen LogP contribution in [0.25, 0.3) is 0 Å². The molecule has 0 bridgehead atoms. The Labute approximate surface area is 154 Å². The van der Waals surface area contributed by atoms with Gasteiger partial charge in [-0.3, -0.25) is 9.80 Å². The van der Waals surface area contributed by atoms with E-state index in [1.807, 2.05) is 11.3 Å². The Morgan fingerprint density at radius 1 is 1.24 bits per heavy atom. The molecule has 2 aliphatic heterocycles. The summed E-state index contributed by atoms with van der Waals surface area (Å²) < 4.78 is 0. The summed E-state index contributed by atoms with van der Waals surface area (Å²) in [6, 6.07) is 11.5. The molecule has 0 spiro atoms. The summed E-state index contributed by atoms with van der Waals surface area (Å²) >= 11 is 1.91. The van der Waals surface area contributed by atoms with E-state index >= 15 is 0 Å². The van der Waals surface area contributed by atoms with Gasteiger partial charge >= 0.3 is 0 Å². The van der Waals surface area contributed by atoms with Crippen LogP contribution in [0.1, 0.15) is 40.9 Å². The molecule has 1 saturated heterocycles. The number of aromatic nitrogens is 1. The summed E-state index contributed by atoms with van der Waals surface area (Å²) in [6.45, 7) is 9.70. The van der Waals surface area contributed by atoms with Crippen molar-refractivity contribution in [1.82, 2.24) is 14.8 Å². The SMILES string of the molecule is CC(C)N1CCc2nc(CN3C[C@@H](N)[C@H](c4ccccc4)C3)sc2C1. The zero-order valence-corrected chi connectivity index (χ0v) is 16.0. The third kappa shape index (κ3) is 3.65. The maximum absolute atomic E-state index is 6.44. The van der Waals surface area contributed by atoms with Crippen molar-refractivity contribution in [3.05, 3.63) is 51.5 Å². The number of fused-ring (bicyclic) bond motifs is 1. The topological polar surface area (TPSA) is 45.4 Å². The molecule has 0 aliphatic carbocycles. The molecule has 2 aliphatic rings. The van der Waals surface area contributed by atoms with Crippen molar-refractivity contribution in [3.8, 4) is 0 Å². The molecule has 0 saturated carbocycles. The highest BCUT2D eigenvalue weighted by atomic mass is 32.1. The Morgan fingerprint density at radius 2 is 2.04 bits per heavy atom. The quantitative estimate of drug-likeness (QED) is 0.915. The maximum atomic E-state index is 6.44. The van der Waals surface area contributed by atoms with Crippen molar-refractivity contribution in [2.45, 2.75) is 51.4 Å². The molecule has 4 rings (SSSR count). The van der Waals surface area contributed by atoms with Crippen molar-refractivity contribution in [2.24, 2.45) is 5.73 Å². The van der Waals surface area contributed by atoms with Crippen LogP contribution in [0.5, 0.6) is 0 Å². The van der Waals surface area contributed by atoms with Crippen LogP contribution >= 0.6 is 11.3 Å². The van der Waals surface area contributed by atoms with Crippen molar-refractivity contribution in [2.75, 3.05) is 19.6 Å². The second-order valence-corrected chi connectivity index (χ2v) is 8.83. The van der Waals surface area contributed by atoms with Gasteiger partial charge in [-0.25, -0.2) is 4.98 Å². The minimum Gasteiger partial charge on any atom is -0.326 e. The normalized spacial score (nSPS) is 24.8. The van der Waals surface area contributed by atoms with Crippen LogP contribution in [-0.2, 0) is 19.5 Å². The molecule has 1 fully saturated rings. The van der Waals surface area contributed by atoms with Gasteiger partial charge in [0.05, 0.1) is 12.2 Å². The van der Waals surface area contributed by atoms with E-state index in [1.165, 1.54) is 21.1 Å². The number of nitrogens with two attached hydrogens (primary N) is 1. The molecule has 0 radical (unpaired) electrons. The summed E-state index contributed by atoms with van der Waals surface area (Å²) in [7, 11) is 0. The molecule has 2 aromatic rings. The predicted octanol–water partition coefficient (Wildman–Crippen LogP) is 2.84. The molecule has 4 nitrogen and oxygen atoms in total. The van der Waals surface area contributed by atoms with Gasteiger partial charge in [-0.1, -0.05) is 30.3 Å². The smallest absolute Gasteiger partial charge is 0.107 e. The molecule has 0 unspecified atom stereocenters. The van der Waals surface area contributed by atoms with Gasteiger partial charge in [0.25, 0.3) is 0 Å². The van der Waals surface area contributed by atoms with Crippen molar-refractivity contribution in [1.29, 1.82) is 0 Å². The summed E-state index contributed by atoms with van der Waals surface area (Å²) in [5.41, 5.74) is 9.14. The van der Waals surface area contributed by atoms with E-state index in [-0.39, 0.29) is 6.04 Å². The summed E-state index contributed by atoms with van der Waals surface area (Å²) in [5.74, 6) is 0.437. The third-order valence-corrected chi connectivity index (χ3v) is 6.63. The molecule has 134 valence electrons. The van der Waals surface area contributed by atoms with Gasteiger partial charge in [-0.2, -0.15) is 0 Å². The molecule has 2 atom stereocenters. The highest BCUT2D eigenvalue weighted by molar-refractivity contribution is 7.11. The highest BCUT2D eigenvalue weighted by Crippen LogP contribution is 2.30. The molecule has 2 N–H and O–H groups in total. The van der Waals surface area contributed by atoms with E-state index in [4.69, 9.17) is 10.7 Å². The van der Waals surface area contributed by atoms with Crippen LogP contribution in [0, 0.1) is 0 Å². The molecule has 3 heterocycles. The van der Waals surface area contributed by atoms with Crippen molar-refractivity contribution < 1.29 is 0 Å². The van der Waals surface area contributed by atoms with E-state index in [0.717, 1.165) is 39.1 Å². The largest absolute Gasteiger partial charge is 0.326 e. The number of likely N-dealkylation sites (tertiary alicyclic amines) is 1. The van der Waals surface area contributed by atoms with E-state index in [9.17, 15) is 0 Å². The molecule has 25 heavy (non-hydrogen) atoms. The molecule has 1 aromatic heterocycles. The third-order valence-electron chi connectivity index (χ3n) is 5.56. The van der Waals surface area contributed by atoms with Gasteiger partial charge in [0.2, 0.25) is 0 Å². The Balaban J connectivity index is 1.42. The van der Waals surface area contributed by atoms with Crippen LogP contribution in [0.4, 0.5) is 0 Å². The summed E-state index contributed by atoms with van der Waals surface area (Å²) in [5, 5.41) is 1.26. The fraction of sp³-hybridized carbons (Fsp3) is 0.550. The summed E-state index contributed by atoms with van der Waals surface area (Å²) in [6.07, 6.45) is 1.09. The first-order valence-electron chi connectivity index (χ1n) is 9.34. The van der Waals surface area contributed by atoms with Crippen LogP contribution in [0.3, 0.4) is 0 Å². The lowest BCUT2D eigenvalue weighted by atomic mass is 9.95. The number of nitrogens with zero attached hydrogens (tertiary/aromatic N) is 3. The Hall–Kier alpha value is -1.27. The average molecular weight is 357 g/mol. The zero-order valence-electron chi connectivity index (χ0n) is 15.2. The maximum Gasteiger partial charge on any atom is 0.107 e. The van der Waals surface area contributed by atoms with Gasteiger partial charge in [-0.05, 0) is 19.4 Å². The zero-order chi connectivity index (χ0) is 17.4. The van der Waals surface area contributed by atoms with Crippen LogP contribution in [-0.4, -0.2) is 46.5 Å². The van der Waals surface area contributed by atoms with Crippen LogP contribution < -0.4 is 5.73 Å². The van der Waals surface area contributed by atoms with E-state index in [0.29, 0.717) is 12.0 Å². The second-order valence-electron chi connectivity index (χ2n) is 7.67.